The van der Waals surface area contributed by atoms with Crippen LogP contribution in [-0.2, 0) is 17.8 Å². The average molecular weight is 267 g/mol. The first-order valence-electron chi connectivity index (χ1n) is 6.48. The molecule has 0 saturated heterocycles. The Morgan fingerprint density at radius 2 is 2.11 bits per heavy atom. The van der Waals surface area contributed by atoms with Gasteiger partial charge in [-0.25, -0.2) is 0 Å². The number of nitrogens with one attached hydrogen (secondary N) is 2. The summed E-state index contributed by atoms with van der Waals surface area (Å²) in [7, 11) is 1.62. The zero-order valence-electron chi connectivity index (χ0n) is 12.6. The van der Waals surface area contributed by atoms with Gasteiger partial charge in [0.25, 0.3) is 5.56 Å². The lowest BCUT2D eigenvalue weighted by Crippen LogP contribution is -2.27. The summed E-state index contributed by atoms with van der Waals surface area (Å²) < 4.78 is 6.56. The van der Waals surface area contributed by atoms with E-state index in [2.05, 4.69) is 37.8 Å². The van der Waals surface area contributed by atoms with Gasteiger partial charge in [-0.05, 0) is 6.92 Å². The van der Waals surface area contributed by atoms with Gasteiger partial charge in [0.2, 0.25) is 0 Å². The summed E-state index contributed by atoms with van der Waals surface area (Å²) in [4.78, 5) is 12.2. The molecule has 0 atom stereocenters. The number of aryl methyl sites for hydroxylation is 1. The van der Waals surface area contributed by atoms with E-state index >= 15 is 0 Å². The zero-order valence-corrected chi connectivity index (χ0v) is 12.6. The highest BCUT2D eigenvalue weighted by Gasteiger charge is 2.16. The van der Waals surface area contributed by atoms with Gasteiger partial charge in [0, 0.05) is 30.5 Å². The summed E-state index contributed by atoms with van der Waals surface area (Å²) in [6, 6.07) is 0. The lowest BCUT2D eigenvalue weighted by Gasteiger charge is -2.22. The number of aromatic amines is 1. The van der Waals surface area contributed by atoms with Gasteiger partial charge in [0.15, 0.2) is 0 Å². The number of allylic oxidation sites excluding steroid dienone is 1. The summed E-state index contributed by atoms with van der Waals surface area (Å²) in [6.45, 7) is 13.7. The molecular weight excluding hydrogens is 242 g/mol. The Kier molecular flexibility index (Phi) is 5.00. The summed E-state index contributed by atoms with van der Waals surface area (Å²) in [5, 5.41) is 6.30. The van der Waals surface area contributed by atoms with Gasteiger partial charge in [-0.15, -0.1) is 0 Å². The highest BCUT2D eigenvalue weighted by atomic mass is 16.5. The van der Waals surface area contributed by atoms with Crippen LogP contribution in [0.3, 0.4) is 0 Å². The second-order valence-corrected chi connectivity index (χ2v) is 5.75. The third kappa shape index (κ3) is 3.99. The molecule has 1 aromatic rings. The van der Waals surface area contributed by atoms with Crippen LogP contribution < -0.4 is 10.9 Å². The molecule has 1 rings (SSSR count). The molecule has 2 N–H and O–H groups in total. The van der Waals surface area contributed by atoms with Crippen LogP contribution in [0, 0.1) is 12.3 Å². The molecule has 0 aliphatic heterocycles. The third-order valence-electron chi connectivity index (χ3n) is 3.16. The molecule has 0 spiro atoms. The maximum atomic E-state index is 12.2. The third-order valence-corrected chi connectivity index (χ3v) is 3.16. The molecule has 108 valence electrons. The Balaban J connectivity index is 2.77. The van der Waals surface area contributed by atoms with Gasteiger partial charge in [0.1, 0.15) is 0 Å². The molecule has 0 bridgehead atoms. The highest BCUT2D eigenvalue weighted by molar-refractivity contribution is 5.17. The Bertz CT molecular complexity index is 492. The van der Waals surface area contributed by atoms with Crippen LogP contribution in [0.1, 0.15) is 32.0 Å². The first-order valence-corrected chi connectivity index (χ1v) is 6.48. The quantitative estimate of drug-likeness (QED) is 0.826. The fourth-order valence-corrected chi connectivity index (χ4v) is 1.65. The van der Waals surface area contributed by atoms with Crippen molar-refractivity contribution in [1.29, 1.82) is 0 Å². The second kappa shape index (κ2) is 6.10. The van der Waals surface area contributed by atoms with Crippen molar-refractivity contribution in [2.45, 2.75) is 40.8 Å². The number of hydrogen-bond donors (Lipinski definition) is 2. The monoisotopic (exact) mass is 267 g/mol. The van der Waals surface area contributed by atoms with Crippen molar-refractivity contribution < 1.29 is 4.74 Å². The van der Waals surface area contributed by atoms with E-state index < -0.39 is 0 Å². The first-order chi connectivity index (χ1) is 8.77. The number of aromatic nitrogens is 2. The number of ether oxygens (including phenoxy) is 1. The molecule has 0 saturated carbocycles. The van der Waals surface area contributed by atoms with Crippen molar-refractivity contribution in [2.75, 3.05) is 13.7 Å². The maximum absolute atomic E-state index is 12.2. The molecule has 0 fully saturated rings. The zero-order chi connectivity index (χ0) is 14.6. The molecule has 1 heterocycles. The Morgan fingerprint density at radius 1 is 1.47 bits per heavy atom. The van der Waals surface area contributed by atoms with Crippen molar-refractivity contribution in [2.24, 2.45) is 5.41 Å². The number of rotatable bonds is 6. The van der Waals surface area contributed by atoms with E-state index in [1.54, 1.807) is 11.8 Å². The van der Waals surface area contributed by atoms with E-state index in [9.17, 15) is 4.79 Å². The van der Waals surface area contributed by atoms with E-state index in [4.69, 9.17) is 4.74 Å². The SMILES string of the molecule is C=C(NCc1c(C)[nH]n(CCOC)c1=O)C(C)(C)C. The Morgan fingerprint density at radius 3 is 2.63 bits per heavy atom. The van der Waals surface area contributed by atoms with Gasteiger partial charge < -0.3 is 10.1 Å². The van der Waals surface area contributed by atoms with Crippen LogP contribution in [0.25, 0.3) is 0 Å². The minimum atomic E-state index is -0.0146. The van der Waals surface area contributed by atoms with Crippen LogP contribution in [0.5, 0.6) is 0 Å². The number of H-pyrrole nitrogens is 1. The first kappa shape index (κ1) is 15.6. The Labute approximate surface area is 114 Å². The molecule has 5 nitrogen and oxygen atoms in total. The van der Waals surface area contributed by atoms with Gasteiger partial charge in [0.05, 0.1) is 18.7 Å². The normalized spacial score (nSPS) is 11.6. The summed E-state index contributed by atoms with van der Waals surface area (Å²) in [5.41, 5.74) is 2.55. The van der Waals surface area contributed by atoms with E-state index in [0.717, 1.165) is 17.0 Å². The van der Waals surface area contributed by atoms with E-state index in [0.29, 0.717) is 19.7 Å². The molecule has 0 radical (unpaired) electrons. The van der Waals surface area contributed by atoms with E-state index in [1.807, 2.05) is 6.92 Å². The van der Waals surface area contributed by atoms with Crippen molar-refractivity contribution in [3.63, 3.8) is 0 Å². The summed E-state index contributed by atoms with van der Waals surface area (Å²) >= 11 is 0. The maximum Gasteiger partial charge on any atom is 0.271 e. The van der Waals surface area contributed by atoms with Crippen LogP contribution in [0.2, 0.25) is 0 Å². The van der Waals surface area contributed by atoms with Gasteiger partial charge in [-0.1, -0.05) is 27.4 Å². The van der Waals surface area contributed by atoms with Crippen molar-refractivity contribution >= 4 is 0 Å². The molecule has 0 aromatic carbocycles. The minimum Gasteiger partial charge on any atom is -0.384 e. The summed E-state index contributed by atoms with van der Waals surface area (Å²) in [6.07, 6.45) is 0. The van der Waals surface area contributed by atoms with Gasteiger partial charge in [-0.3, -0.25) is 14.6 Å². The summed E-state index contributed by atoms with van der Waals surface area (Å²) in [5.74, 6) is 0. The van der Waals surface area contributed by atoms with Crippen LogP contribution >= 0.6 is 0 Å². The molecule has 0 unspecified atom stereocenters. The number of methoxy groups -OCH3 is 1. The molecule has 1 aromatic heterocycles. The lowest BCUT2D eigenvalue weighted by atomic mass is 9.93. The largest absolute Gasteiger partial charge is 0.384 e. The molecule has 19 heavy (non-hydrogen) atoms. The van der Waals surface area contributed by atoms with Crippen LogP contribution in [0.4, 0.5) is 0 Å². The van der Waals surface area contributed by atoms with E-state index in [-0.39, 0.29) is 11.0 Å². The van der Waals surface area contributed by atoms with Crippen molar-refractivity contribution in [3.05, 3.63) is 33.9 Å². The molecule has 5 heteroatoms. The Hall–Kier alpha value is -1.49. The number of nitrogens with zero attached hydrogens (tertiary/aromatic N) is 1. The predicted molar refractivity (Wildman–Crippen MR) is 77.1 cm³/mol. The fourth-order valence-electron chi connectivity index (χ4n) is 1.65. The fraction of sp³-hybridized carbons (Fsp3) is 0.643. The van der Waals surface area contributed by atoms with E-state index in [1.165, 1.54) is 0 Å². The lowest BCUT2D eigenvalue weighted by molar-refractivity contribution is 0.182. The van der Waals surface area contributed by atoms with Crippen molar-refractivity contribution in [1.82, 2.24) is 15.1 Å². The second-order valence-electron chi connectivity index (χ2n) is 5.75. The average Bonchev–Trinajstić information content (AvgIpc) is 2.58. The molecule has 0 aliphatic rings. The van der Waals surface area contributed by atoms with Gasteiger partial charge in [-0.2, -0.15) is 0 Å². The standard InChI is InChI=1S/C14H25N3O2/c1-10-12(9-15-11(2)14(3,4)5)13(18)17(16-10)7-8-19-6/h15-16H,2,7-9H2,1,3-6H3. The van der Waals surface area contributed by atoms with Crippen molar-refractivity contribution in [3.8, 4) is 0 Å². The van der Waals surface area contributed by atoms with Gasteiger partial charge >= 0.3 is 0 Å². The molecule has 0 aliphatic carbocycles. The van der Waals surface area contributed by atoms with Crippen LogP contribution in [0.15, 0.2) is 17.1 Å². The topological polar surface area (TPSA) is 59.1 Å². The predicted octanol–water partition coefficient (Wildman–Crippen LogP) is 1.78. The highest BCUT2D eigenvalue weighted by Crippen LogP contribution is 2.21. The smallest absolute Gasteiger partial charge is 0.271 e. The molecular formula is C14H25N3O2. The molecule has 0 amide bonds. The minimum absolute atomic E-state index is 0.00348. The number of hydrogen-bond acceptors (Lipinski definition) is 3. The van der Waals surface area contributed by atoms with Crippen LogP contribution in [-0.4, -0.2) is 23.5 Å².